The van der Waals surface area contributed by atoms with E-state index >= 15 is 0 Å². The zero-order chi connectivity index (χ0) is 20.0. The number of benzene rings is 1. The Hall–Kier alpha value is -1.55. The molecular weight excluding hydrogens is 499 g/mol. The van der Waals surface area contributed by atoms with Crippen molar-refractivity contribution in [1.82, 2.24) is 15.6 Å². The van der Waals surface area contributed by atoms with Crippen molar-refractivity contribution in [3.05, 3.63) is 39.8 Å². The minimum absolute atomic E-state index is 0. The number of thiazole rings is 1. The molecule has 6 nitrogen and oxygen atoms in total. The number of hydrogen-bond acceptors (Lipinski definition) is 5. The summed E-state index contributed by atoms with van der Waals surface area (Å²) in [4.78, 5) is 10.4. The van der Waals surface area contributed by atoms with Crippen molar-refractivity contribution in [1.29, 1.82) is 0 Å². The minimum atomic E-state index is -0.0947. The fourth-order valence-corrected chi connectivity index (χ4v) is 3.73. The van der Waals surface area contributed by atoms with Gasteiger partial charge in [-0.3, -0.25) is 0 Å². The van der Waals surface area contributed by atoms with Crippen LogP contribution >= 0.6 is 35.3 Å². The molecule has 0 saturated carbocycles. The fourth-order valence-electron chi connectivity index (χ4n) is 2.94. The smallest absolute Gasteiger partial charge is 0.191 e. The Morgan fingerprint density at radius 3 is 2.62 bits per heavy atom. The lowest BCUT2D eigenvalue weighted by Crippen LogP contribution is -2.43. The maximum absolute atomic E-state index is 5.73. The van der Waals surface area contributed by atoms with Gasteiger partial charge in [0.1, 0.15) is 18.2 Å². The molecule has 0 aliphatic carbocycles. The highest BCUT2D eigenvalue weighted by Gasteiger charge is 2.24. The molecule has 0 saturated heterocycles. The average Bonchev–Trinajstić information content (AvgIpc) is 3.18. The van der Waals surface area contributed by atoms with E-state index in [1.54, 1.807) is 11.3 Å². The number of rotatable bonds is 7. The van der Waals surface area contributed by atoms with E-state index in [0.29, 0.717) is 19.8 Å². The van der Waals surface area contributed by atoms with Crippen LogP contribution in [0.5, 0.6) is 11.5 Å². The summed E-state index contributed by atoms with van der Waals surface area (Å²) in [5.74, 6) is 2.46. The predicted octanol–water partition coefficient (Wildman–Crippen LogP) is 4.13. The predicted molar refractivity (Wildman–Crippen MR) is 130 cm³/mol. The van der Waals surface area contributed by atoms with E-state index in [2.05, 4.69) is 55.4 Å². The van der Waals surface area contributed by atoms with Crippen LogP contribution in [-0.2, 0) is 18.4 Å². The number of aromatic nitrogens is 1. The first-order valence-electron chi connectivity index (χ1n) is 9.87. The summed E-state index contributed by atoms with van der Waals surface area (Å²) in [6.45, 7) is 12.0. The lowest BCUT2D eigenvalue weighted by molar-refractivity contribution is 0.171. The first-order valence-corrected chi connectivity index (χ1v) is 10.7. The molecule has 0 atom stereocenters. The van der Waals surface area contributed by atoms with Crippen LogP contribution in [0.2, 0.25) is 0 Å². The highest BCUT2D eigenvalue weighted by molar-refractivity contribution is 14.0. The zero-order valence-corrected chi connectivity index (χ0v) is 20.7. The monoisotopic (exact) mass is 530 g/mol. The summed E-state index contributed by atoms with van der Waals surface area (Å²) < 4.78 is 11.4. The van der Waals surface area contributed by atoms with Crippen molar-refractivity contribution >= 4 is 41.3 Å². The zero-order valence-electron chi connectivity index (χ0n) is 17.6. The first-order chi connectivity index (χ1) is 13.5. The summed E-state index contributed by atoms with van der Waals surface area (Å²) in [5.41, 5.74) is 1.11. The van der Waals surface area contributed by atoms with Gasteiger partial charge >= 0.3 is 0 Å². The number of hydrogen-bond donors (Lipinski definition) is 2. The second-order valence-electron chi connectivity index (χ2n) is 7.36. The van der Waals surface area contributed by atoms with Crippen LogP contribution in [0.3, 0.4) is 0 Å². The number of nitrogens with zero attached hydrogens (tertiary/aromatic N) is 2. The molecule has 2 heterocycles. The Bertz CT molecular complexity index is 823. The average molecular weight is 530 g/mol. The maximum Gasteiger partial charge on any atom is 0.191 e. The Morgan fingerprint density at radius 2 is 1.93 bits per heavy atom. The third kappa shape index (κ3) is 6.47. The van der Waals surface area contributed by atoms with Gasteiger partial charge in [0.2, 0.25) is 0 Å². The summed E-state index contributed by atoms with van der Waals surface area (Å²) in [6, 6.07) is 6.20. The number of aliphatic imine (C=N–C) groups is 1. The molecule has 0 radical (unpaired) electrons. The maximum atomic E-state index is 5.73. The second-order valence-corrected chi connectivity index (χ2v) is 8.56. The van der Waals surface area contributed by atoms with Gasteiger partial charge in [0.05, 0.1) is 6.54 Å². The molecule has 29 heavy (non-hydrogen) atoms. The minimum Gasteiger partial charge on any atom is -0.486 e. The van der Waals surface area contributed by atoms with Crippen LogP contribution in [-0.4, -0.2) is 37.2 Å². The van der Waals surface area contributed by atoms with Gasteiger partial charge < -0.3 is 20.1 Å². The number of guanidine groups is 1. The van der Waals surface area contributed by atoms with Gasteiger partial charge in [0, 0.05) is 29.6 Å². The van der Waals surface area contributed by atoms with Gasteiger partial charge in [-0.1, -0.05) is 26.8 Å². The summed E-state index contributed by atoms with van der Waals surface area (Å²) in [6.07, 6.45) is 2.96. The third-order valence-corrected chi connectivity index (χ3v) is 5.81. The van der Waals surface area contributed by atoms with Crippen molar-refractivity contribution in [3.63, 3.8) is 0 Å². The van der Waals surface area contributed by atoms with Crippen LogP contribution < -0.4 is 20.1 Å². The summed E-state index contributed by atoms with van der Waals surface area (Å²) >= 11 is 1.73. The van der Waals surface area contributed by atoms with Gasteiger partial charge in [0.25, 0.3) is 0 Å². The third-order valence-electron chi connectivity index (χ3n) is 4.69. The van der Waals surface area contributed by atoms with E-state index < -0.39 is 0 Å². The molecule has 8 heteroatoms. The van der Waals surface area contributed by atoms with Gasteiger partial charge in [0.15, 0.2) is 17.5 Å². The second kappa shape index (κ2) is 11.0. The molecule has 0 unspecified atom stereocenters. The lowest BCUT2D eigenvalue weighted by atomic mass is 9.84. The van der Waals surface area contributed by atoms with Crippen molar-refractivity contribution in [2.45, 2.75) is 46.1 Å². The standard InChI is InChI=1S/C21H30N4O2S.HI/c1-5-16-12-23-19(28-16)13-24-20(22-6-2)25-14-21(3,4)15-7-8-17-18(11-15)27-10-9-26-17;/h7-8,11-12H,5-6,9-10,13-14H2,1-4H3,(H2,22,24,25);1H. The molecule has 0 bridgehead atoms. The molecule has 0 fully saturated rings. The van der Waals surface area contributed by atoms with Crippen LogP contribution in [0.15, 0.2) is 29.4 Å². The van der Waals surface area contributed by atoms with Crippen LogP contribution in [0.25, 0.3) is 0 Å². The van der Waals surface area contributed by atoms with E-state index in [4.69, 9.17) is 14.5 Å². The molecule has 160 valence electrons. The Kier molecular flexibility index (Phi) is 9.01. The van der Waals surface area contributed by atoms with Crippen LogP contribution in [0.4, 0.5) is 0 Å². The Balaban J connectivity index is 0.00000300. The molecule has 0 amide bonds. The van der Waals surface area contributed by atoms with Gasteiger partial charge in [-0.05, 0) is 31.0 Å². The fraction of sp³-hybridized carbons (Fsp3) is 0.524. The number of halogens is 1. The SMILES string of the molecule is CCNC(=NCc1ncc(CC)s1)NCC(C)(C)c1ccc2c(c1)OCCO2.I. The molecule has 1 aromatic heterocycles. The van der Waals surface area contributed by atoms with E-state index in [1.807, 2.05) is 12.3 Å². The van der Waals surface area contributed by atoms with E-state index in [-0.39, 0.29) is 29.4 Å². The normalized spacial score (nSPS) is 13.6. The molecular formula is C21H31IN4O2S. The Morgan fingerprint density at radius 1 is 1.17 bits per heavy atom. The van der Waals surface area contributed by atoms with E-state index in [1.165, 1.54) is 10.4 Å². The molecule has 3 rings (SSSR count). The summed E-state index contributed by atoms with van der Waals surface area (Å²) in [5, 5.41) is 7.83. The van der Waals surface area contributed by atoms with E-state index in [0.717, 1.165) is 42.0 Å². The van der Waals surface area contributed by atoms with E-state index in [9.17, 15) is 0 Å². The number of ether oxygens (including phenoxy) is 2. The van der Waals surface area contributed by atoms with Gasteiger partial charge in [-0.15, -0.1) is 35.3 Å². The largest absolute Gasteiger partial charge is 0.486 e. The Labute approximate surface area is 194 Å². The lowest BCUT2D eigenvalue weighted by Gasteiger charge is -2.28. The summed E-state index contributed by atoms with van der Waals surface area (Å²) in [7, 11) is 0. The van der Waals surface area contributed by atoms with Crippen molar-refractivity contribution in [2.75, 3.05) is 26.3 Å². The van der Waals surface area contributed by atoms with Crippen LogP contribution in [0.1, 0.15) is 43.1 Å². The number of fused-ring (bicyclic) bond motifs is 1. The highest BCUT2D eigenvalue weighted by Crippen LogP contribution is 2.34. The quantitative estimate of drug-likeness (QED) is 0.320. The molecule has 2 N–H and O–H groups in total. The molecule has 0 spiro atoms. The van der Waals surface area contributed by atoms with Crippen molar-refractivity contribution in [3.8, 4) is 11.5 Å². The number of nitrogens with one attached hydrogen (secondary N) is 2. The highest BCUT2D eigenvalue weighted by atomic mass is 127. The number of aryl methyl sites for hydroxylation is 1. The van der Waals surface area contributed by atoms with Crippen LogP contribution in [0, 0.1) is 0 Å². The first kappa shape index (κ1) is 23.7. The van der Waals surface area contributed by atoms with Gasteiger partial charge in [-0.2, -0.15) is 0 Å². The molecule has 2 aromatic rings. The van der Waals surface area contributed by atoms with Gasteiger partial charge in [-0.25, -0.2) is 9.98 Å². The topological polar surface area (TPSA) is 67.8 Å². The molecule has 1 aliphatic heterocycles. The molecule has 1 aliphatic rings. The molecule has 1 aromatic carbocycles. The van der Waals surface area contributed by atoms with Crippen molar-refractivity contribution in [2.24, 2.45) is 4.99 Å². The van der Waals surface area contributed by atoms with Crippen molar-refractivity contribution < 1.29 is 9.47 Å².